The van der Waals surface area contributed by atoms with Crippen molar-refractivity contribution < 1.29 is 9.59 Å². The third-order valence-electron chi connectivity index (χ3n) is 4.09. The Morgan fingerprint density at radius 3 is 2.52 bits per heavy atom. The first-order valence-corrected chi connectivity index (χ1v) is 7.61. The minimum Gasteiger partial charge on any atom is -0.358 e. The van der Waals surface area contributed by atoms with Gasteiger partial charge in [-0.1, -0.05) is 48.5 Å². The van der Waals surface area contributed by atoms with Crippen LogP contribution in [0, 0.1) is 0 Å². The van der Waals surface area contributed by atoms with E-state index in [0.717, 1.165) is 18.5 Å². The molecule has 0 fully saturated rings. The summed E-state index contributed by atoms with van der Waals surface area (Å²) in [7, 11) is 0. The van der Waals surface area contributed by atoms with Crippen molar-refractivity contribution in [3.05, 3.63) is 65.7 Å². The lowest BCUT2D eigenvalue weighted by molar-refractivity contribution is -0.118. The second-order valence-corrected chi connectivity index (χ2v) is 5.72. The van der Waals surface area contributed by atoms with E-state index in [2.05, 4.69) is 28.4 Å². The van der Waals surface area contributed by atoms with E-state index >= 15 is 0 Å². The monoisotopic (exact) mass is 309 g/mol. The lowest BCUT2D eigenvalue weighted by atomic mass is 10.0. The van der Waals surface area contributed by atoms with Crippen LogP contribution in [-0.4, -0.2) is 24.5 Å². The fourth-order valence-electron chi connectivity index (χ4n) is 3.14. The van der Waals surface area contributed by atoms with E-state index in [1.54, 1.807) is 0 Å². The van der Waals surface area contributed by atoms with E-state index in [1.807, 2.05) is 36.4 Å². The number of carbonyl (C=O) groups excluding carboxylic acids is 2. The van der Waals surface area contributed by atoms with Crippen molar-refractivity contribution in [2.45, 2.75) is 18.9 Å². The van der Waals surface area contributed by atoms with Crippen molar-refractivity contribution in [3.8, 4) is 0 Å². The number of anilines is 1. The van der Waals surface area contributed by atoms with Crippen molar-refractivity contribution >= 4 is 17.6 Å². The second-order valence-electron chi connectivity index (χ2n) is 5.72. The number of urea groups is 1. The summed E-state index contributed by atoms with van der Waals surface area (Å²) in [5, 5.41) is 2.14. The molecule has 0 bridgehead atoms. The molecule has 23 heavy (non-hydrogen) atoms. The highest BCUT2D eigenvalue weighted by atomic mass is 16.2. The molecule has 1 heterocycles. The lowest BCUT2D eigenvalue weighted by Crippen LogP contribution is -2.45. The molecular weight excluding hydrogens is 290 g/mol. The van der Waals surface area contributed by atoms with Gasteiger partial charge in [0.1, 0.15) is 0 Å². The zero-order chi connectivity index (χ0) is 16.2. The van der Waals surface area contributed by atoms with Gasteiger partial charge in [0.25, 0.3) is 0 Å². The molecule has 0 saturated carbocycles. The highest BCUT2D eigenvalue weighted by molar-refractivity contribution is 5.96. The van der Waals surface area contributed by atoms with Crippen molar-refractivity contribution in [2.75, 3.05) is 11.4 Å². The van der Waals surface area contributed by atoms with E-state index in [-0.39, 0.29) is 18.5 Å². The predicted molar refractivity (Wildman–Crippen MR) is 89.2 cm³/mol. The fraction of sp³-hybridized carbons (Fsp3) is 0.222. The van der Waals surface area contributed by atoms with Crippen LogP contribution in [0.25, 0.3) is 0 Å². The van der Waals surface area contributed by atoms with Gasteiger partial charge in [0.2, 0.25) is 5.91 Å². The Balaban J connectivity index is 1.81. The molecular formula is C18H19N3O2. The van der Waals surface area contributed by atoms with E-state index < -0.39 is 6.03 Å². The molecule has 1 atom stereocenters. The highest BCUT2D eigenvalue weighted by Crippen LogP contribution is 2.33. The maximum Gasteiger partial charge on any atom is 0.318 e. The van der Waals surface area contributed by atoms with Gasteiger partial charge in [-0.05, 0) is 30.0 Å². The molecule has 1 unspecified atom stereocenters. The zero-order valence-corrected chi connectivity index (χ0v) is 12.7. The van der Waals surface area contributed by atoms with Crippen molar-refractivity contribution in [1.29, 1.82) is 0 Å². The summed E-state index contributed by atoms with van der Waals surface area (Å²) in [6.45, 7) is 0.122. The van der Waals surface area contributed by atoms with Gasteiger partial charge in [0.05, 0.1) is 6.54 Å². The molecule has 2 aromatic carbocycles. The number of carbonyl (C=O) groups is 2. The molecule has 0 saturated heterocycles. The van der Waals surface area contributed by atoms with E-state index in [1.165, 1.54) is 11.1 Å². The number of hydrogen-bond donors (Lipinski definition) is 2. The number of imide groups is 1. The lowest BCUT2D eigenvalue weighted by Gasteiger charge is -2.27. The molecule has 3 rings (SSSR count). The predicted octanol–water partition coefficient (Wildman–Crippen LogP) is 1.86. The Morgan fingerprint density at radius 1 is 1.09 bits per heavy atom. The molecule has 118 valence electrons. The summed E-state index contributed by atoms with van der Waals surface area (Å²) in [6, 6.07) is 17.6. The standard InChI is InChI=1S/C18H19N3O2/c19-18(23)20-17(22)12-21-15(10-13-6-2-1-3-7-13)11-14-8-4-5-9-16(14)21/h1-9,15H,10-12H2,(H3,19,20,22,23). The maximum atomic E-state index is 12.0. The quantitative estimate of drug-likeness (QED) is 0.905. The molecule has 1 aliphatic heterocycles. The van der Waals surface area contributed by atoms with Crippen LogP contribution in [0.2, 0.25) is 0 Å². The van der Waals surface area contributed by atoms with E-state index in [0.29, 0.717) is 0 Å². The van der Waals surface area contributed by atoms with Crippen LogP contribution in [0.1, 0.15) is 11.1 Å². The molecule has 5 nitrogen and oxygen atoms in total. The average molecular weight is 309 g/mol. The highest BCUT2D eigenvalue weighted by Gasteiger charge is 2.30. The van der Waals surface area contributed by atoms with Crippen LogP contribution in [-0.2, 0) is 17.6 Å². The van der Waals surface area contributed by atoms with Crippen LogP contribution >= 0.6 is 0 Å². The number of nitrogens with one attached hydrogen (secondary N) is 1. The van der Waals surface area contributed by atoms with E-state index in [4.69, 9.17) is 5.73 Å². The molecule has 0 spiro atoms. The van der Waals surface area contributed by atoms with Gasteiger partial charge < -0.3 is 10.6 Å². The maximum absolute atomic E-state index is 12.0. The Bertz CT molecular complexity index is 715. The normalized spacial score (nSPS) is 16.0. The summed E-state index contributed by atoms with van der Waals surface area (Å²) < 4.78 is 0. The van der Waals surface area contributed by atoms with Gasteiger partial charge in [0.15, 0.2) is 0 Å². The molecule has 0 radical (unpaired) electrons. The molecule has 0 aromatic heterocycles. The molecule has 1 aliphatic rings. The number of amides is 3. The molecule has 3 N–H and O–H groups in total. The second kappa shape index (κ2) is 6.52. The Kier molecular flexibility index (Phi) is 4.28. The van der Waals surface area contributed by atoms with Crippen LogP contribution in [0.15, 0.2) is 54.6 Å². The minimum atomic E-state index is -0.818. The number of para-hydroxylation sites is 1. The minimum absolute atomic E-state index is 0.122. The number of benzene rings is 2. The largest absolute Gasteiger partial charge is 0.358 e. The number of primary amides is 1. The summed E-state index contributed by atoms with van der Waals surface area (Å²) >= 11 is 0. The smallest absolute Gasteiger partial charge is 0.318 e. The van der Waals surface area contributed by atoms with Crippen molar-refractivity contribution in [3.63, 3.8) is 0 Å². The van der Waals surface area contributed by atoms with Crippen LogP contribution in [0.4, 0.5) is 10.5 Å². The number of nitrogens with two attached hydrogens (primary N) is 1. The summed E-state index contributed by atoms with van der Waals surface area (Å²) in [5.74, 6) is -0.382. The zero-order valence-electron chi connectivity index (χ0n) is 12.7. The average Bonchev–Trinajstić information content (AvgIpc) is 2.85. The SMILES string of the molecule is NC(=O)NC(=O)CN1c2ccccc2CC1Cc1ccccc1. The van der Waals surface area contributed by atoms with Gasteiger partial charge >= 0.3 is 6.03 Å². The van der Waals surface area contributed by atoms with Gasteiger partial charge in [0, 0.05) is 11.7 Å². The van der Waals surface area contributed by atoms with Crippen LogP contribution < -0.4 is 16.0 Å². The van der Waals surface area contributed by atoms with Crippen molar-refractivity contribution in [2.24, 2.45) is 5.73 Å². The number of fused-ring (bicyclic) bond motifs is 1. The Hall–Kier alpha value is -2.82. The van der Waals surface area contributed by atoms with Gasteiger partial charge in [-0.25, -0.2) is 4.79 Å². The first kappa shape index (κ1) is 15.1. The van der Waals surface area contributed by atoms with E-state index in [9.17, 15) is 9.59 Å². The molecule has 0 aliphatic carbocycles. The third-order valence-corrected chi connectivity index (χ3v) is 4.09. The number of rotatable bonds is 4. The van der Waals surface area contributed by atoms with Gasteiger partial charge in [-0.3, -0.25) is 10.1 Å². The van der Waals surface area contributed by atoms with Crippen LogP contribution in [0.3, 0.4) is 0 Å². The van der Waals surface area contributed by atoms with Crippen molar-refractivity contribution in [1.82, 2.24) is 5.32 Å². The van der Waals surface area contributed by atoms with Crippen LogP contribution in [0.5, 0.6) is 0 Å². The summed E-state index contributed by atoms with van der Waals surface area (Å²) in [5.41, 5.74) is 8.53. The summed E-state index contributed by atoms with van der Waals surface area (Å²) in [6.07, 6.45) is 1.73. The first-order chi connectivity index (χ1) is 11.1. The topological polar surface area (TPSA) is 75.4 Å². The molecule has 3 amide bonds. The fourth-order valence-corrected chi connectivity index (χ4v) is 3.14. The number of hydrogen-bond acceptors (Lipinski definition) is 3. The van der Waals surface area contributed by atoms with Gasteiger partial charge in [-0.15, -0.1) is 0 Å². The molecule has 5 heteroatoms. The summed E-state index contributed by atoms with van der Waals surface area (Å²) in [4.78, 5) is 24.9. The Morgan fingerprint density at radius 2 is 1.78 bits per heavy atom. The first-order valence-electron chi connectivity index (χ1n) is 7.61. The van der Waals surface area contributed by atoms with Gasteiger partial charge in [-0.2, -0.15) is 0 Å². The molecule has 2 aromatic rings. The number of nitrogens with zero attached hydrogens (tertiary/aromatic N) is 1. The third kappa shape index (κ3) is 3.51. The Labute approximate surface area is 135 Å².